The van der Waals surface area contributed by atoms with Gasteiger partial charge in [0.05, 0.1) is 13.7 Å². The summed E-state index contributed by atoms with van der Waals surface area (Å²) in [6.45, 7) is 4.92. The second-order valence-corrected chi connectivity index (χ2v) is 6.91. The van der Waals surface area contributed by atoms with Crippen LogP contribution < -0.4 is 14.8 Å². The van der Waals surface area contributed by atoms with Gasteiger partial charge in [0.1, 0.15) is 18.1 Å². The number of hydrogen-bond acceptors (Lipinski definition) is 5. The molecular weight excluding hydrogens is 356 g/mol. The molecule has 1 fully saturated rings. The molecule has 0 spiro atoms. The Morgan fingerprint density at radius 1 is 1.21 bits per heavy atom. The maximum absolute atomic E-state index is 12.4. The first-order chi connectivity index (χ1) is 13.7. The summed E-state index contributed by atoms with van der Waals surface area (Å²) < 4.78 is 16.6. The zero-order chi connectivity index (χ0) is 19.8. The van der Waals surface area contributed by atoms with Crippen molar-refractivity contribution in [1.29, 1.82) is 0 Å². The van der Waals surface area contributed by atoms with Gasteiger partial charge < -0.3 is 24.4 Å². The predicted octanol–water partition coefficient (Wildman–Crippen LogP) is 3.38. The number of piperazine rings is 1. The molecule has 0 unspecified atom stereocenters. The van der Waals surface area contributed by atoms with Crippen molar-refractivity contribution in [2.75, 3.05) is 33.4 Å². The SMILES string of the molecule is COc1ccc(OCC[C@@H]2CN(C(=O)OCc3ccccc3)CCN2)c(C)c1. The molecule has 0 radical (unpaired) electrons. The van der Waals surface area contributed by atoms with Gasteiger partial charge in [-0.2, -0.15) is 0 Å². The Balaban J connectivity index is 1.42. The lowest BCUT2D eigenvalue weighted by Gasteiger charge is -2.33. The average molecular weight is 384 g/mol. The molecule has 0 aromatic heterocycles. The summed E-state index contributed by atoms with van der Waals surface area (Å²) in [6.07, 6.45) is 0.552. The molecule has 3 rings (SSSR count). The van der Waals surface area contributed by atoms with E-state index in [1.54, 1.807) is 12.0 Å². The molecule has 1 heterocycles. The first kappa shape index (κ1) is 20.0. The molecule has 1 N–H and O–H groups in total. The normalized spacial score (nSPS) is 16.5. The Labute approximate surface area is 166 Å². The zero-order valence-corrected chi connectivity index (χ0v) is 16.5. The number of aryl methyl sites for hydroxylation is 1. The van der Waals surface area contributed by atoms with Crippen molar-refractivity contribution in [3.05, 3.63) is 59.7 Å². The van der Waals surface area contributed by atoms with Crippen LogP contribution in [0.2, 0.25) is 0 Å². The van der Waals surface area contributed by atoms with Gasteiger partial charge >= 0.3 is 6.09 Å². The minimum atomic E-state index is -0.262. The van der Waals surface area contributed by atoms with Gasteiger partial charge in [-0.15, -0.1) is 0 Å². The van der Waals surface area contributed by atoms with Crippen LogP contribution in [0, 0.1) is 6.92 Å². The van der Waals surface area contributed by atoms with Crippen LogP contribution in [0.15, 0.2) is 48.5 Å². The molecule has 0 bridgehead atoms. The smallest absolute Gasteiger partial charge is 0.410 e. The number of amides is 1. The zero-order valence-electron chi connectivity index (χ0n) is 16.5. The van der Waals surface area contributed by atoms with Gasteiger partial charge in [-0.05, 0) is 42.7 Å². The van der Waals surface area contributed by atoms with Crippen molar-refractivity contribution < 1.29 is 19.0 Å². The molecule has 28 heavy (non-hydrogen) atoms. The summed E-state index contributed by atoms with van der Waals surface area (Å²) in [5.41, 5.74) is 2.04. The van der Waals surface area contributed by atoms with Gasteiger partial charge in [0.2, 0.25) is 0 Å². The Kier molecular flexibility index (Phi) is 7.14. The minimum Gasteiger partial charge on any atom is -0.497 e. The van der Waals surface area contributed by atoms with E-state index in [9.17, 15) is 4.79 Å². The number of rotatable bonds is 7. The van der Waals surface area contributed by atoms with Crippen molar-refractivity contribution in [2.24, 2.45) is 0 Å². The Bertz CT molecular complexity index is 766. The predicted molar refractivity (Wildman–Crippen MR) is 108 cm³/mol. The van der Waals surface area contributed by atoms with Gasteiger partial charge in [0, 0.05) is 25.7 Å². The Morgan fingerprint density at radius 3 is 2.79 bits per heavy atom. The van der Waals surface area contributed by atoms with Crippen LogP contribution in [0.25, 0.3) is 0 Å². The standard InChI is InChI=1S/C22H28N2O4/c1-17-14-20(26-2)8-9-21(17)27-13-10-19-15-24(12-11-23-19)22(25)28-16-18-6-4-3-5-7-18/h3-9,14,19,23H,10-13,15-16H2,1-2H3/t19-/m1/s1. The monoisotopic (exact) mass is 384 g/mol. The quantitative estimate of drug-likeness (QED) is 0.793. The Hall–Kier alpha value is -2.73. The maximum Gasteiger partial charge on any atom is 0.410 e. The van der Waals surface area contributed by atoms with Gasteiger partial charge in [0.15, 0.2) is 0 Å². The van der Waals surface area contributed by atoms with Crippen molar-refractivity contribution in [2.45, 2.75) is 26.0 Å². The van der Waals surface area contributed by atoms with E-state index in [4.69, 9.17) is 14.2 Å². The molecule has 0 saturated carbocycles. The van der Waals surface area contributed by atoms with Crippen LogP contribution >= 0.6 is 0 Å². The number of carbonyl (C=O) groups is 1. The third-order valence-corrected chi connectivity index (χ3v) is 4.82. The second kappa shape index (κ2) is 9.99. The Morgan fingerprint density at radius 2 is 2.04 bits per heavy atom. The highest BCUT2D eigenvalue weighted by atomic mass is 16.6. The highest BCUT2D eigenvalue weighted by molar-refractivity contribution is 5.67. The van der Waals surface area contributed by atoms with E-state index in [1.165, 1.54) is 0 Å². The molecule has 2 aromatic carbocycles. The lowest BCUT2D eigenvalue weighted by Crippen LogP contribution is -2.53. The third-order valence-electron chi connectivity index (χ3n) is 4.82. The van der Waals surface area contributed by atoms with E-state index in [1.807, 2.05) is 55.5 Å². The topological polar surface area (TPSA) is 60.0 Å². The van der Waals surface area contributed by atoms with Crippen LogP contribution in [0.1, 0.15) is 17.5 Å². The first-order valence-electron chi connectivity index (χ1n) is 9.62. The number of benzene rings is 2. The summed E-state index contributed by atoms with van der Waals surface area (Å²) >= 11 is 0. The fourth-order valence-electron chi connectivity index (χ4n) is 3.22. The summed E-state index contributed by atoms with van der Waals surface area (Å²) in [4.78, 5) is 14.1. The molecule has 2 aromatic rings. The fraction of sp³-hybridized carbons (Fsp3) is 0.409. The number of ether oxygens (including phenoxy) is 3. The molecule has 150 valence electrons. The number of nitrogens with zero attached hydrogens (tertiary/aromatic N) is 1. The summed E-state index contributed by atoms with van der Waals surface area (Å²) in [5.74, 6) is 1.68. The number of methoxy groups -OCH3 is 1. The molecule has 6 nitrogen and oxygen atoms in total. The molecular formula is C22H28N2O4. The summed E-state index contributed by atoms with van der Waals surface area (Å²) in [6, 6.07) is 15.7. The van der Waals surface area contributed by atoms with Crippen LogP contribution in [-0.4, -0.2) is 50.4 Å². The number of hydrogen-bond donors (Lipinski definition) is 1. The molecule has 1 saturated heterocycles. The molecule has 1 aliphatic rings. The number of carbonyl (C=O) groups excluding carboxylic acids is 1. The lowest BCUT2D eigenvalue weighted by molar-refractivity contribution is 0.0827. The third kappa shape index (κ3) is 5.63. The van der Waals surface area contributed by atoms with Crippen LogP contribution in [0.3, 0.4) is 0 Å². The molecule has 6 heteroatoms. The molecule has 0 aliphatic carbocycles. The van der Waals surface area contributed by atoms with Gasteiger partial charge in [-0.3, -0.25) is 0 Å². The van der Waals surface area contributed by atoms with Gasteiger partial charge in [0.25, 0.3) is 0 Å². The van der Waals surface area contributed by atoms with E-state index < -0.39 is 0 Å². The molecule has 1 amide bonds. The molecule has 1 aliphatic heterocycles. The number of nitrogens with one attached hydrogen (secondary N) is 1. The van der Waals surface area contributed by atoms with E-state index >= 15 is 0 Å². The van der Waals surface area contributed by atoms with E-state index in [0.717, 1.165) is 35.6 Å². The lowest BCUT2D eigenvalue weighted by atomic mass is 10.1. The average Bonchev–Trinajstić information content (AvgIpc) is 2.74. The highest BCUT2D eigenvalue weighted by Gasteiger charge is 2.24. The maximum atomic E-state index is 12.4. The van der Waals surface area contributed by atoms with E-state index in [-0.39, 0.29) is 12.1 Å². The van der Waals surface area contributed by atoms with Crippen molar-refractivity contribution in [3.63, 3.8) is 0 Å². The minimum absolute atomic E-state index is 0.191. The summed E-state index contributed by atoms with van der Waals surface area (Å²) in [5, 5.41) is 3.45. The second-order valence-electron chi connectivity index (χ2n) is 6.91. The van der Waals surface area contributed by atoms with Crippen molar-refractivity contribution >= 4 is 6.09 Å². The van der Waals surface area contributed by atoms with Crippen LogP contribution in [0.5, 0.6) is 11.5 Å². The van der Waals surface area contributed by atoms with Gasteiger partial charge in [-0.25, -0.2) is 4.79 Å². The first-order valence-corrected chi connectivity index (χ1v) is 9.62. The largest absolute Gasteiger partial charge is 0.497 e. The van der Waals surface area contributed by atoms with E-state index in [0.29, 0.717) is 26.3 Å². The van der Waals surface area contributed by atoms with Crippen molar-refractivity contribution in [1.82, 2.24) is 10.2 Å². The summed E-state index contributed by atoms with van der Waals surface area (Å²) in [7, 11) is 1.65. The van der Waals surface area contributed by atoms with Crippen LogP contribution in [0.4, 0.5) is 4.79 Å². The molecule has 1 atom stereocenters. The highest BCUT2D eigenvalue weighted by Crippen LogP contribution is 2.23. The fourth-order valence-corrected chi connectivity index (χ4v) is 3.22. The van der Waals surface area contributed by atoms with E-state index in [2.05, 4.69) is 5.32 Å². The van der Waals surface area contributed by atoms with Gasteiger partial charge in [-0.1, -0.05) is 30.3 Å². The van der Waals surface area contributed by atoms with Crippen LogP contribution in [-0.2, 0) is 11.3 Å². The van der Waals surface area contributed by atoms with Crippen molar-refractivity contribution in [3.8, 4) is 11.5 Å².